The zero-order valence-corrected chi connectivity index (χ0v) is 9.52. The molecule has 0 saturated carbocycles. The molecular weight excluding hydrogens is 252 g/mol. The average molecular weight is 261 g/mol. The SMILES string of the molecule is COC(=O)CSc1cccc(Br)c1. The number of thioether (sulfide) groups is 1. The molecule has 0 N–H and O–H groups in total. The van der Waals surface area contributed by atoms with Gasteiger partial charge in [0.15, 0.2) is 0 Å². The van der Waals surface area contributed by atoms with Crippen molar-refractivity contribution >= 4 is 33.7 Å². The second-order valence-electron chi connectivity index (χ2n) is 2.32. The van der Waals surface area contributed by atoms with Gasteiger partial charge in [-0.2, -0.15) is 0 Å². The standard InChI is InChI=1S/C9H9BrO2S/c1-12-9(11)6-13-8-4-2-3-7(10)5-8/h2-5H,6H2,1H3. The van der Waals surface area contributed by atoms with E-state index in [2.05, 4.69) is 20.7 Å². The third-order valence-corrected chi connectivity index (χ3v) is 2.84. The summed E-state index contributed by atoms with van der Waals surface area (Å²) in [4.78, 5) is 11.9. The Balaban J connectivity index is 2.50. The van der Waals surface area contributed by atoms with Crippen LogP contribution in [0.25, 0.3) is 0 Å². The van der Waals surface area contributed by atoms with Crippen LogP contribution in [-0.2, 0) is 9.53 Å². The normalized spacial score (nSPS) is 9.69. The van der Waals surface area contributed by atoms with E-state index in [9.17, 15) is 4.79 Å². The molecule has 0 radical (unpaired) electrons. The van der Waals surface area contributed by atoms with Crippen LogP contribution in [0.5, 0.6) is 0 Å². The van der Waals surface area contributed by atoms with Gasteiger partial charge in [-0.25, -0.2) is 0 Å². The van der Waals surface area contributed by atoms with E-state index in [0.717, 1.165) is 9.37 Å². The van der Waals surface area contributed by atoms with Gasteiger partial charge in [-0.3, -0.25) is 4.79 Å². The summed E-state index contributed by atoms with van der Waals surface area (Å²) in [5, 5.41) is 0. The molecule has 0 spiro atoms. The molecule has 0 aromatic heterocycles. The molecule has 1 aromatic carbocycles. The van der Waals surface area contributed by atoms with Crippen LogP contribution < -0.4 is 0 Å². The summed E-state index contributed by atoms with van der Waals surface area (Å²) in [6.07, 6.45) is 0. The number of rotatable bonds is 3. The van der Waals surface area contributed by atoms with Crippen LogP contribution in [-0.4, -0.2) is 18.8 Å². The number of methoxy groups -OCH3 is 1. The van der Waals surface area contributed by atoms with Crippen molar-refractivity contribution in [3.8, 4) is 0 Å². The fraction of sp³-hybridized carbons (Fsp3) is 0.222. The van der Waals surface area contributed by atoms with Gasteiger partial charge in [0.05, 0.1) is 12.9 Å². The molecule has 0 aliphatic rings. The Morgan fingerprint density at radius 3 is 3.00 bits per heavy atom. The zero-order valence-electron chi connectivity index (χ0n) is 7.12. The van der Waals surface area contributed by atoms with Gasteiger partial charge in [0.25, 0.3) is 0 Å². The minimum absolute atomic E-state index is 0.204. The highest BCUT2D eigenvalue weighted by atomic mass is 79.9. The van der Waals surface area contributed by atoms with Crippen LogP contribution in [0.3, 0.4) is 0 Å². The lowest BCUT2D eigenvalue weighted by atomic mass is 10.4. The smallest absolute Gasteiger partial charge is 0.315 e. The van der Waals surface area contributed by atoms with Gasteiger partial charge in [-0.05, 0) is 18.2 Å². The van der Waals surface area contributed by atoms with Gasteiger partial charge in [0, 0.05) is 9.37 Å². The summed E-state index contributed by atoms with van der Waals surface area (Å²) >= 11 is 4.82. The second kappa shape index (κ2) is 5.29. The highest BCUT2D eigenvalue weighted by Gasteiger charge is 2.01. The van der Waals surface area contributed by atoms with E-state index >= 15 is 0 Å². The number of carbonyl (C=O) groups is 1. The maximum Gasteiger partial charge on any atom is 0.315 e. The highest BCUT2D eigenvalue weighted by molar-refractivity contribution is 9.10. The Kier molecular flexibility index (Phi) is 4.32. The molecule has 70 valence electrons. The molecule has 4 heteroatoms. The second-order valence-corrected chi connectivity index (χ2v) is 4.29. The first-order valence-electron chi connectivity index (χ1n) is 3.67. The molecule has 0 saturated heterocycles. The van der Waals surface area contributed by atoms with E-state index in [1.54, 1.807) is 0 Å². The molecule has 0 aliphatic heterocycles. The third kappa shape index (κ3) is 3.83. The van der Waals surface area contributed by atoms with E-state index in [1.807, 2.05) is 24.3 Å². The van der Waals surface area contributed by atoms with Gasteiger partial charge in [0.2, 0.25) is 0 Å². The van der Waals surface area contributed by atoms with Gasteiger partial charge < -0.3 is 4.74 Å². The van der Waals surface area contributed by atoms with E-state index < -0.39 is 0 Å². The minimum atomic E-state index is -0.204. The van der Waals surface area contributed by atoms with Crippen molar-refractivity contribution in [3.05, 3.63) is 28.7 Å². The summed E-state index contributed by atoms with van der Waals surface area (Å²) in [7, 11) is 1.39. The highest BCUT2D eigenvalue weighted by Crippen LogP contribution is 2.21. The number of hydrogen-bond donors (Lipinski definition) is 0. The van der Waals surface area contributed by atoms with Gasteiger partial charge in [-0.1, -0.05) is 22.0 Å². The molecular formula is C9H9BrO2S. The molecule has 0 heterocycles. The van der Waals surface area contributed by atoms with Crippen LogP contribution in [0.1, 0.15) is 0 Å². The molecule has 13 heavy (non-hydrogen) atoms. The Labute approximate surface area is 89.8 Å². The van der Waals surface area contributed by atoms with E-state index in [0.29, 0.717) is 5.75 Å². The molecule has 0 aliphatic carbocycles. The van der Waals surface area contributed by atoms with Crippen LogP contribution in [0.15, 0.2) is 33.6 Å². The van der Waals surface area contributed by atoms with Crippen molar-refractivity contribution < 1.29 is 9.53 Å². The zero-order chi connectivity index (χ0) is 9.68. The Morgan fingerprint density at radius 2 is 2.38 bits per heavy atom. The first-order valence-corrected chi connectivity index (χ1v) is 5.45. The number of carbonyl (C=O) groups excluding carboxylic acids is 1. The molecule has 2 nitrogen and oxygen atoms in total. The lowest BCUT2D eigenvalue weighted by molar-refractivity contribution is -0.137. The molecule has 0 fully saturated rings. The van der Waals surface area contributed by atoms with Crippen molar-refractivity contribution in [3.63, 3.8) is 0 Å². The predicted octanol–water partition coefficient (Wildman–Crippen LogP) is 2.71. The van der Waals surface area contributed by atoms with Gasteiger partial charge >= 0.3 is 5.97 Å². The van der Waals surface area contributed by atoms with Gasteiger partial charge in [-0.15, -0.1) is 11.8 Å². The lowest BCUT2D eigenvalue weighted by Gasteiger charge is -2.00. The van der Waals surface area contributed by atoms with Gasteiger partial charge in [0.1, 0.15) is 0 Å². The monoisotopic (exact) mass is 260 g/mol. The van der Waals surface area contributed by atoms with Crippen molar-refractivity contribution in [2.45, 2.75) is 4.90 Å². The quantitative estimate of drug-likeness (QED) is 0.618. The Hall–Kier alpha value is -0.480. The number of esters is 1. The van der Waals surface area contributed by atoms with Crippen LogP contribution >= 0.6 is 27.7 Å². The third-order valence-electron chi connectivity index (χ3n) is 1.38. The minimum Gasteiger partial charge on any atom is -0.468 e. The summed E-state index contributed by atoms with van der Waals surface area (Å²) < 4.78 is 5.55. The summed E-state index contributed by atoms with van der Waals surface area (Å²) in [5.74, 6) is 0.150. The molecule has 0 amide bonds. The van der Waals surface area contributed by atoms with E-state index in [4.69, 9.17) is 0 Å². The largest absolute Gasteiger partial charge is 0.468 e. The number of hydrogen-bond acceptors (Lipinski definition) is 3. The van der Waals surface area contributed by atoms with Crippen LogP contribution in [0.2, 0.25) is 0 Å². The maximum atomic E-state index is 10.8. The van der Waals surface area contributed by atoms with Crippen molar-refractivity contribution in [1.82, 2.24) is 0 Å². The number of benzene rings is 1. The molecule has 1 rings (SSSR count). The summed E-state index contributed by atoms with van der Waals surface area (Å²) in [5.41, 5.74) is 0. The summed E-state index contributed by atoms with van der Waals surface area (Å²) in [6, 6.07) is 7.80. The molecule has 0 atom stereocenters. The predicted molar refractivity (Wildman–Crippen MR) is 56.9 cm³/mol. The first kappa shape index (κ1) is 10.6. The maximum absolute atomic E-state index is 10.8. The fourth-order valence-electron chi connectivity index (χ4n) is 0.758. The topological polar surface area (TPSA) is 26.3 Å². The average Bonchev–Trinajstić information content (AvgIpc) is 2.14. The number of ether oxygens (including phenoxy) is 1. The molecule has 0 unspecified atom stereocenters. The lowest BCUT2D eigenvalue weighted by Crippen LogP contribution is -2.02. The van der Waals surface area contributed by atoms with E-state index in [-0.39, 0.29) is 5.97 Å². The van der Waals surface area contributed by atoms with Crippen LogP contribution in [0, 0.1) is 0 Å². The van der Waals surface area contributed by atoms with Crippen molar-refractivity contribution in [2.24, 2.45) is 0 Å². The summed E-state index contributed by atoms with van der Waals surface area (Å²) in [6.45, 7) is 0. The Bertz CT molecular complexity index is 301. The molecule has 0 bridgehead atoms. The van der Waals surface area contributed by atoms with E-state index in [1.165, 1.54) is 18.9 Å². The number of halogens is 1. The van der Waals surface area contributed by atoms with Crippen molar-refractivity contribution in [2.75, 3.05) is 12.9 Å². The molecule has 1 aromatic rings. The first-order chi connectivity index (χ1) is 6.22. The van der Waals surface area contributed by atoms with Crippen molar-refractivity contribution in [1.29, 1.82) is 0 Å². The Morgan fingerprint density at radius 1 is 1.62 bits per heavy atom. The fourth-order valence-corrected chi connectivity index (χ4v) is 2.10. The van der Waals surface area contributed by atoms with Crippen LogP contribution in [0.4, 0.5) is 0 Å².